The number of nitrogens with one attached hydrogen (secondary N) is 1. The first kappa shape index (κ1) is 35.0. The summed E-state index contributed by atoms with van der Waals surface area (Å²) in [6.07, 6.45) is 17.3. The van der Waals surface area contributed by atoms with Gasteiger partial charge in [0.2, 0.25) is 0 Å². The van der Waals surface area contributed by atoms with Crippen LogP contribution in [0.2, 0.25) is 0 Å². The van der Waals surface area contributed by atoms with Crippen molar-refractivity contribution >= 4 is 40.3 Å². The Morgan fingerprint density at radius 3 is 2.24 bits per heavy atom. The normalized spacial score (nSPS) is 12.6. The molecular weight excluding hydrogens is 603 g/mol. The Hall–Kier alpha value is -2.19. The Labute approximate surface area is 261 Å². The lowest BCUT2D eigenvalue weighted by molar-refractivity contribution is -0.118. The van der Waals surface area contributed by atoms with Gasteiger partial charge in [-0.05, 0) is 48.1 Å². The second-order valence-corrected chi connectivity index (χ2v) is 11.8. The fraction of sp³-hybridized carbons (Fsp3) is 0.545. The lowest BCUT2D eigenvalue weighted by atomic mass is 10.1. The SMILES string of the molecule is Br.CCCCCCCCCCCCCCOc1c(F)cccc1OCC(=O)Nc1cccc(CN2C=C(C)SC2)c1. The smallest absolute Gasteiger partial charge is 0.262 e. The number of amides is 1. The van der Waals surface area contributed by atoms with E-state index in [0.29, 0.717) is 12.3 Å². The van der Waals surface area contributed by atoms with Gasteiger partial charge in [-0.3, -0.25) is 4.79 Å². The molecule has 2 aromatic rings. The number of carbonyl (C=O) groups excluding carboxylic acids is 1. The molecule has 0 aromatic heterocycles. The average molecular weight is 652 g/mol. The summed E-state index contributed by atoms with van der Waals surface area (Å²) in [5.41, 5.74) is 1.82. The van der Waals surface area contributed by atoms with Gasteiger partial charge in [0.25, 0.3) is 5.91 Å². The molecule has 0 bridgehead atoms. The van der Waals surface area contributed by atoms with Gasteiger partial charge in [0, 0.05) is 18.4 Å². The Bertz CT molecular complexity index is 1070. The first-order chi connectivity index (χ1) is 19.5. The molecule has 1 N–H and O–H groups in total. The minimum absolute atomic E-state index is 0. The van der Waals surface area contributed by atoms with Crippen molar-refractivity contribution in [3.05, 3.63) is 65.0 Å². The Morgan fingerprint density at radius 1 is 0.927 bits per heavy atom. The number of rotatable bonds is 20. The number of thioether (sulfide) groups is 1. The van der Waals surface area contributed by atoms with Gasteiger partial charge in [-0.15, -0.1) is 28.7 Å². The number of ether oxygens (including phenoxy) is 2. The number of benzene rings is 2. The van der Waals surface area contributed by atoms with E-state index in [2.05, 4.69) is 30.3 Å². The first-order valence-corrected chi connectivity index (χ1v) is 16.0. The third kappa shape index (κ3) is 14.0. The van der Waals surface area contributed by atoms with Gasteiger partial charge in [-0.1, -0.05) is 95.8 Å². The van der Waals surface area contributed by atoms with Gasteiger partial charge in [0.05, 0.1) is 12.5 Å². The average Bonchev–Trinajstić information content (AvgIpc) is 3.35. The number of halogens is 2. The number of carbonyl (C=O) groups is 1. The second kappa shape index (κ2) is 20.6. The van der Waals surface area contributed by atoms with E-state index in [0.717, 1.165) is 30.8 Å². The maximum Gasteiger partial charge on any atom is 0.262 e. The van der Waals surface area contributed by atoms with Crippen LogP contribution in [-0.4, -0.2) is 29.9 Å². The highest BCUT2D eigenvalue weighted by molar-refractivity contribution is 8.93. The molecule has 0 saturated carbocycles. The summed E-state index contributed by atoms with van der Waals surface area (Å²) in [5, 5.41) is 2.88. The van der Waals surface area contributed by atoms with Crippen molar-refractivity contribution in [2.45, 2.75) is 97.4 Å². The lowest BCUT2D eigenvalue weighted by Crippen LogP contribution is -2.20. The van der Waals surface area contributed by atoms with Crippen molar-refractivity contribution in [1.29, 1.82) is 0 Å². The lowest BCUT2D eigenvalue weighted by Gasteiger charge is -2.16. The summed E-state index contributed by atoms with van der Waals surface area (Å²) in [4.78, 5) is 16.1. The number of para-hydroxylation sites is 1. The summed E-state index contributed by atoms with van der Waals surface area (Å²) in [7, 11) is 0. The largest absolute Gasteiger partial charge is 0.487 e. The topological polar surface area (TPSA) is 50.8 Å². The van der Waals surface area contributed by atoms with Crippen molar-refractivity contribution in [2.75, 3.05) is 24.4 Å². The van der Waals surface area contributed by atoms with Crippen LogP contribution in [0.15, 0.2) is 53.6 Å². The number of allylic oxidation sites excluding steroid dienone is 1. The molecular formula is C33H48BrFN2O3S. The van der Waals surface area contributed by atoms with E-state index >= 15 is 0 Å². The third-order valence-electron chi connectivity index (χ3n) is 6.95. The van der Waals surface area contributed by atoms with Crippen LogP contribution in [0.3, 0.4) is 0 Å². The monoisotopic (exact) mass is 650 g/mol. The number of nitrogens with zero attached hydrogens (tertiary/aromatic N) is 1. The van der Waals surface area contributed by atoms with Crippen LogP contribution in [0.5, 0.6) is 11.5 Å². The van der Waals surface area contributed by atoms with Crippen LogP contribution in [0.4, 0.5) is 10.1 Å². The molecule has 1 aliphatic rings. The number of hydrogen-bond acceptors (Lipinski definition) is 5. The molecule has 0 fully saturated rings. The third-order valence-corrected chi connectivity index (χ3v) is 7.97. The Balaban J connectivity index is 0.00000588. The zero-order chi connectivity index (χ0) is 28.4. The van der Waals surface area contributed by atoms with E-state index in [1.165, 1.54) is 75.2 Å². The molecule has 0 atom stereocenters. The Kier molecular flexibility index (Phi) is 17.6. The van der Waals surface area contributed by atoms with Crippen LogP contribution >= 0.6 is 28.7 Å². The highest BCUT2D eigenvalue weighted by atomic mass is 79.9. The van der Waals surface area contributed by atoms with E-state index < -0.39 is 5.82 Å². The van der Waals surface area contributed by atoms with E-state index in [1.807, 2.05) is 36.0 Å². The van der Waals surface area contributed by atoms with Gasteiger partial charge >= 0.3 is 0 Å². The van der Waals surface area contributed by atoms with Gasteiger partial charge in [-0.2, -0.15) is 0 Å². The summed E-state index contributed by atoms with van der Waals surface area (Å²) < 4.78 is 25.9. The standard InChI is InChI=1S/C33H47FN2O3S.BrH/c1-3-4-5-6-7-8-9-10-11-12-13-14-21-38-33-30(34)19-16-20-31(33)39-25-32(37)35-29-18-15-17-28(22-29)24-36-23-27(2)40-26-36;/h15-20,22-23H,3-14,21,24-26H2,1-2H3,(H,35,37);1H. The Morgan fingerprint density at radius 2 is 1.59 bits per heavy atom. The fourth-order valence-corrected chi connectivity index (χ4v) is 5.55. The van der Waals surface area contributed by atoms with Gasteiger partial charge in [0.15, 0.2) is 23.9 Å². The molecule has 1 heterocycles. The molecule has 0 spiro atoms. The number of hydrogen-bond donors (Lipinski definition) is 1. The molecule has 0 unspecified atom stereocenters. The predicted molar refractivity (Wildman–Crippen MR) is 176 cm³/mol. The van der Waals surface area contributed by atoms with Crippen molar-refractivity contribution in [3.63, 3.8) is 0 Å². The van der Waals surface area contributed by atoms with Crippen LogP contribution in [0.25, 0.3) is 0 Å². The van der Waals surface area contributed by atoms with Crippen LogP contribution in [0, 0.1) is 5.82 Å². The minimum atomic E-state index is -0.478. The second-order valence-electron chi connectivity index (χ2n) is 10.6. The van der Waals surface area contributed by atoms with Gasteiger partial charge in [-0.25, -0.2) is 4.39 Å². The molecule has 5 nitrogen and oxygen atoms in total. The highest BCUT2D eigenvalue weighted by Gasteiger charge is 2.14. The maximum atomic E-state index is 14.5. The zero-order valence-corrected chi connectivity index (χ0v) is 27.3. The van der Waals surface area contributed by atoms with E-state index in [1.54, 1.807) is 12.1 Å². The van der Waals surface area contributed by atoms with Crippen molar-refractivity contribution in [3.8, 4) is 11.5 Å². The first-order valence-electron chi connectivity index (χ1n) is 15.0. The van der Waals surface area contributed by atoms with Crippen molar-refractivity contribution in [2.24, 2.45) is 0 Å². The van der Waals surface area contributed by atoms with Crippen LogP contribution < -0.4 is 14.8 Å². The molecule has 3 rings (SSSR count). The fourth-order valence-electron chi connectivity index (χ4n) is 4.79. The molecule has 1 amide bonds. The molecule has 0 aliphatic carbocycles. The molecule has 0 radical (unpaired) electrons. The zero-order valence-electron chi connectivity index (χ0n) is 24.8. The van der Waals surface area contributed by atoms with Gasteiger partial charge in [0.1, 0.15) is 0 Å². The molecule has 1 aliphatic heterocycles. The van der Waals surface area contributed by atoms with E-state index in [4.69, 9.17) is 9.47 Å². The van der Waals surface area contributed by atoms with Crippen molar-refractivity contribution < 1.29 is 18.7 Å². The number of anilines is 1. The molecule has 2 aromatic carbocycles. The molecule has 228 valence electrons. The predicted octanol–water partition coefficient (Wildman–Crippen LogP) is 9.87. The summed E-state index contributed by atoms with van der Waals surface area (Å²) in [5.74, 6) is 0.478. The van der Waals surface area contributed by atoms with E-state index in [9.17, 15) is 9.18 Å². The van der Waals surface area contributed by atoms with Crippen molar-refractivity contribution in [1.82, 2.24) is 4.90 Å². The van der Waals surface area contributed by atoms with Crippen LogP contribution in [-0.2, 0) is 11.3 Å². The molecule has 41 heavy (non-hydrogen) atoms. The summed E-state index contributed by atoms with van der Waals surface area (Å²) >= 11 is 1.82. The quantitative estimate of drug-likeness (QED) is 0.145. The van der Waals surface area contributed by atoms with Gasteiger partial charge < -0.3 is 19.7 Å². The maximum absolute atomic E-state index is 14.5. The molecule has 8 heteroatoms. The highest BCUT2D eigenvalue weighted by Crippen LogP contribution is 2.30. The summed E-state index contributed by atoms with van der Waals surface area (Å²) in [6, 6.07) is 12.4. The number of unbranched alkanes of at least 4 members (excludes halogenated alkanes) is 11. The summed E-state index contributed by atoms with van der Waals surface area (Å²) in [6.45, 7) is 5.35. The minimum Gasteiger partial charge on any atom is -0.487 e. The molecule has 0 saturated heterocycles. The van der Waals surface area contributed by atoms with E-state index in [-0.39, 0.29) is 41.0 Å². The van der Waals surface area contributed by atoms with Crippen LogP contribution in [0.1, 0.15) is 96.5 Å².